The molecule has 0 saturated carbocycles. The lowest BCUT2D eigenvalue weighted by Gasteiger charge is -2.24. The SMILES string of the molecule is CCOC(=O)c1c(NC(=O)CN(c2cccc(Cl)c2)S(=O)(=O)c2ccc(OC)cc2)sc2c1CCC2. The Morgan fingerprint density at radius 3 is 2.56 bits per heavy atom. The molecule has 3 aromatic rings. The lowest BCUT2D eigenvalue weighted by Crippen LogP contribution is -2.38. The summed E-state index contributed by atoms with van der Waals surface area (Å²) in [4.78, 5) is 26.9. The molecule has 1 aliphatic rings. The van der Waals surface area contributed by atoms with Gasteiger partial charge in [0.05, 0.1) is 29.9 Å². The number of hydrogen-bond donors (Lipinski definition) is 1. The van der Waals surface area contributed by atoms with E-state index in [4.69, 9.17) is 21.1 Å². The van der Waals surface area contributed by atoms with Gasteiger partial charge in [-0.05, 0) is 74.2 Å². The Morgan fingerprint density at radius 1 is 1.14 bits per heavy atom. The minimum absolute atomic E-state index is 0.0154. The van der Waals surface area contributed by atoms with E-state index in [9.17, 15) is 18.0 Å². The second kappa shape index (κ2) is 10.9. The zero-order valence-corrected chi connectivity index (χ0v) is 22.1. The van der Waals surface area contributed by atoms with Gasteiger partial charge < -0.3 is 14.8 Å². The van der Waals surface area contributed by atoms with Crippen LogP contribution in [-0.4, -0.2) is 40.6 Å². The molecule has 1 aliphatic carbocycles. The molecule has 11 heteroatoms. The molecule has 8 nitrogen and oxygen atoms in total. The number of nitrogens with one attached hydrogen (secondary N) is 1. The molecule has 1 N–H and O–H groups in total. The average Bonchev–Trinajstić information content (AvgIpc) is 3.43. The van der Waals surface area contributed by atoms with Crippen LogP contribution >= 0.6 is 22.9 Å². The van der Waals surface area contributed by atoms with Crippen molar-refractivity contribution in [2.24, 2.45) is 0 Å². The number of carbonyl (C=O) groups is 2. The van der Waals surface area contributed by atoms with Crippen molar-refractivity contribution >= 4 is 55.5 Å². The standard InChI is InChI=1S/C25H25ClN2O6S2/c1-3-34-25(30)23-20-8-5-9-21(20)35-24(23)27-22(29)15-28(17-7-4-6-16(26)14-17)36(31,32)19-12-10-18(33-2)11-13-19/h4,6-7,10-14H,3,5,8-9,15H2,1-2H3,(H,27,29). The number of fused-ring (bicyclic) bond motifs is 1. The van der Waals surface area contributed by atoms with Crippen molar-refractivity contribution < 1.29 is 27.5 Å². The smallest absolute Gasteiger partial charge is 0.341 e. The Labute approximate surface area is 218 Å². The van der Waals surface area contributed by atoms with Gasteiger partial charge in [-0.25, -0.2) is 13.2 Å². The molecular weight excluding hydrogens is 524 g/mol. The van der Waals surface area contributed by atoms with Crippen LogP contribution in [0.4, 0.5) is 10.7 Å². The molecule has 1 aromatic heterocycles. The van der Waals surface area contributed by atoms with E-state index in [-0.39, 0.29) is 17.2 Å². The summed E-state index contributed by atoms with van der Waals surface area (Å²) in [5, 5.41) is 3.45. The third-order valence-electron chi connectivity index (χ3n) is 5.68. The number of benzene rings is 2. The fraction of sp³-hybridized carbons (Fsp3) is 0.280. The summed E-state index contributed by atoms with van der Waals surface area (Å²) >= 11 is 7.46. The first-order chi connectivity index (χ1) is 17.2. The van der Waals surface area contributed by atoms with Crippen LogP contribution in [0.5, 0.6) is 5.75 Å². The van der Waals surface area contributed by atoms with Gasteiger partial charge in [-0.1, -0.05) is 17.7 Å². The van der Waals surface area contributed by atoms with E-state index in [0.717, 1.165) is 34.0 Å². The van der Waals surface area contributed by atoms with Gasteiger partial charge in [0.1, 0.15) is 17.3 Å². The largest absolute Gasteiger partial charge is 0.497 e. The molecule has 0 spiro atoms. The van der Waals surface area contributed by atoms with Crippen LogP contribution in [0, 0.1) is 0 Å². The van der Waals surface area contributed by atoms with E-state index in [1.165, 1.54) is 48.8 Å². The number of methoxy groups -OCH3 is 1. The molecule has 36 heavy (non-hydrogen) atoms. The summed E-state index contributed by atoms with van der Waals surface area (Å²) in [6, 6.07) is 12.1. The van der Waals surface area contributed by atoms with Gasteiger partial charge in [0, 0.05) is 9.90 Å². The highest BCUT2D eigenvalue weighted by molar-refractivity contribution is 7.92. The van der Waals surface area contributed by atoms with Crippen molar-refractivity contribution in [3.8, 4) is 5.75 Å². The maximum Gasteiger partial charge on any atom is 0.341 e. The summed E-state index contributed by atoms with van der Waals surface area (Å²) < 4.78 is 38.5. The van der Waals surface area contributed by atoms with Crippen molar-refractivity contribution in [2.45, 2.75) is 31.1 Å². The van der Waals surface area contributed by atoms with Crippen molar-refractivity contribution in [2.75, 3.05) is 29.9 Å². The highest BCUT2D eigenvalue weighted by atomic mass is 35.5. The number of hydrogen-bond acceptors (Lipinski definition) is 7. The fourth-order valence-electron chi connectivity index (χ4n) is 4.03. The van der Waals surface area contributed by atoms with Crippen molar-refractivity contribution in [3.05, 3.63) is 69.6 Å². The first kappa shape index (κ1) is 26.0. The summed E-state index contributed by atoms with van der Waals surface area (Å²) in [5.74, 6) is -0.597. The molecule has 0 aliphatic heterocycles. The fourth-order valence-corrected chi connectivity index (χ4v) is 6.92. The van der Waals surface area contributed by atoms with Crippen LogP contribution in [0.25, 0.3) is 0 Å². The molecule has 0 unspecified atom stereocenters. The number of aryl methyl sites for hydroxylation is 1. The number of rotatable bonds is 9. The molecule has 0 fully saturated rings. The van der Waals surface area contributed by atoms with Gasteiger partial charge in [0.25, 0.3) is 10.0 Å². The number of nitrogens with zero attached hydrogens (tertiary/aromatic N) is 1. The van der Waals surface area contributed by atoms with Crippen molar-refractivity contribution in [3.63, 3.8) is 0 Å². The minimum Gasteiger partial charge on any atom is -0.497 e. The van der Waals surface area contributed by atoms with Crippen LogP contribution in [0.2, 0.25) is 5.02 Å². The number of amides is 1. The summed E-state index contributed by atoms with van der Waals surface area (Å²) in [6.45, 7) is 1.40. The summed E-state index contributed by atoms with van der Waals surface area (Å²) in [6.07, 6.45) is 2.49. The van der Waals surface area contributed by atoms with Gasteiger partial charge in [-0.15, -0.1) is 11.3 Å². The summed E-state index contributed by atoms with van der Waals surface area (Å²) in [5.41, 5.74) is 1.48. The van der Waals surface area contributed by atoms with E-state index in [1.807, 2.05) is 0 Å². The van der Waals surface area contributed by atoms with Gasteiger partial charge >= 0.3 is 5.97 Å². The zero-order chi connectivity index (χ0) is 25.9. The average molecular weight is 549 g/mol. The zero-order valence-electron chi connectivity index (χ0n) is 19.7. The molecule has 0 radical (unpaired) electrons. The van der Waals surface area contributed by atoms with Gasteiger partial charge in [0.15, 0.2) is 0 Å². The van der Waals surface area contributed by atoms with E-state index in [0.29, 0.717) is 21.3 Å². The third-order valence-corrected chi connectivity index (χ3v) is 8.92. The Balaban J connectivity index is 1.66. The summed E-state index contributed by atoms with van der Waals surface area (Å²) in [7, 11) is -2.66. The van der Waals surface area contributed by atoms with Crippen LogP contribution in [0.3, 0.4) is 0 Å². The Bertz CT molecular complexity index is 1390. The first-order valence-electron chi connectivity index (χ1n) is 11.3. The second-order valence-electron chi connectivity index (χ2n) is 8.00. The minimum atomic E-state index is -4.14. The number of anilines is 2. The van der Waals surface area contributed by atoms with Crippen molar-refractivity contribution in [1.82, 2.24) is 0 Å². The normalized spacial score (nSPS) is 12.6. The van der Waals surface area contributed by atoms with E-state index in [2.05, 4.69) is 5.32 Å². The lowest BCUT2D eigenvalue weighted by atomic mass is 10.1. The molecule has 1 heterocycles. The molecule has 0 saturated heterocycles. The maximum absolute atomic E-state index is 13.6. The Morgan fingerprint density at radius 2 is 1.89 bits per heavy atom. The molecular formula is C25H25ClN2O6S2. The highest BCUT2D eigenvalue weighted by Gasteiger charge is 2.31. The number of carbonyl (C=O) groups excluding carboxylic acids is 2. The molecule has 2 aromatic carbocycles. The monoisotopic (exact) mass is 548 g/mol. The number of ether oxygens (including phenoxy) is 2. The quantitative estimate of drug-likeness (QED) is 0.381. The van der Waals surface area contributed by atoms with E-state index < -0.39 is 28.4 Å². The van der Waals surface area contributed by atoms with Gasteiger partial charge in [-0.2, -0.15) is 0 Å². The third kappa shape index (κ3) is 5.35. The topological polar surface area (TPSA) is 102 Å². The van der Waals surface area contributed by atoms with Crippen molar-refractivity contribution in [1.29, 1.82) is 0 Å². The second-order valence-corrected chi connectivity index (χ2v) is 11.4. The highest BCUT2D eigenvalue weighted by Crippen LogP contribution is 2.39. The molecule has 0 bridgehead atoms. The Kier molecular flexibility index (Phi) is 7.87. The first-order valence-corrected chi connectivity index (χ1v) is 13.9. The lowest BCUT2D eigenvalue weighted by molar-refractivity contribution is -0.114. The molecule has 0 atom stereocenters. The predicted molar refractivity (Wildman–Crippen MR) is 140 cm³/mol. The predicted octanol–water partition coefficient (Wildman–Crippen LogP) is 4.91. The molecule has 1 amide bonds. The van der Waals surface area contributed by atoms with E-state index >= 15 is 0 Å². The molecule has 4 rings (SSSR count). The van der Waals surface area contributed by atoms with Crippen LogP contribution < -0.4 is 14.4 Å². The van der Waals surface area contributed by atoms with Gasteiger partial charge in [-0.3, -0.25) is 9.10 Å². The van der Waals surface area contributed by atoms with Crippen LogP contribution in [0.1, 0.15) is 34.1 Å². The molecule has 190 valence electrons. The van der Waals surface area contributed by atoms with Crippen LogP contribution in [0.15, 0.2) is 53.4 Å². The Hall–Kier alpha value is -3.08. The number of halogens is 1. The maximum atomic E-state index is 13.6. The number of sulfonamides is 1. The number of esters is 1. The van der Waals surface area contributed by atoms with Crippen LogP contribution in [-0.2, 0) is 32.4 Å². The van der Waals surface area contributed by atoms with Gasteiger partial charge in [0.2, 0.25) is 5.91 Å². The van der Waals surface area contributed by atoms with E-state index in [1.54, 1.807) is 25.1 Å². The number of thiophene rings is 1.